The van der Waals surface area contributed by atoms with Gasteiger partial charge in [0.1, 0.15) is 5.58 Å². The maximum atomic E-state index is 6.57. The zero-order valence-electron chi connectivity index (χ0n) is 27.1. The van der Waals surface area contributed by atoms with E-state index in [1.165, 1.54) is 43.8 Å². The minimum absolute atomic E-state index is 0.788. The van der Waals surface area contributed by atoms with Crippen LogP contribution >= 0.6 is 0 Å². The van der Waals surface area contributed by atoms with Crippen molar-refractivity contribution in [2.24, 2.45) is 0 Å². The van der Waals surface area contributed by atoms with Gasteiger partial charge in [0.25, 0.3) is 0 Å². The van der Waals surface area contributed by atoms with Crippen LogP contribution in [0.1, 0.15) is 0 Å². The first kappa shape index (κ1) is 28.3. The van der Waals surface area contributed by atoms with Gasteiger partial charge in [0.05, 0.1) is 11.9 Å². The molecule has 0 aliphatic heterocycles. The number of furan rings is 1. The largest absolute Gasteiger partial charge is 0.454 e. The standard InChI is InChI=1S/C47H30N2O/c1-2-9-36-29-37(16-15-31(36)7-1)32-17-22-38(23-18-32)49(39-24-19-34(20-25-39)41-13-5-10-33-8-3-4-12-40(33)41)44-14-6-11-35-21-26-43-42-27-28-48-30-45(42)50-47(43)46(35)44/h1-30H. The summed E-state index contributed by atoms with van der Waals surface area (Å²) in [7, 11) is 0. The normalized spacial score (nSPS) is 11.6. The van der Waals surface area contributed by atoms with Crippen LogP contribution < -0.4 is 4.90 Å². The smallest absolute Gasteiger partial charge is 0.153 e. The summed E-state index contributed by atoms with van der Waals surface area (Å²) < 4.78 is 6.57. The fraction of sp³-hybridized carbons (Fsp3) is 0. The summed E-state index contributed by atoms with van der Waals surface area (Å²) in [6.45, 7) is 0. The Kier molecular flexibility index (Phi) is 6.49. The van der Waals surface area contributed by atoms with E-state index in [1.807, 2.05) is 12.3 Å². The van der Waals surface area contributed by atoms with E-state index < -0.39 is 0 Å². The van der Waals surface area contributed by atoms with Gasteiger partial charge in [-0.15, -0.1) is 0 Å². The Labute approximate surface area is 289 Å². The molecule has 0 amide bonds. The van der Waals surface area contributed by atoms with Crippen LogP contribution in [0.2, 0.25) is 0 Å². The molecule has 0 aliphatic carbocycles. The van der Waals surface area contributed by atoms with Gasteiger partial charge in [0, 0.05) is 33.7 Å². The van der Waals surface area contributed by atoms with Crippen molar-refractivity contribution in [3.05, 3.63) is 182 Å². The van der Waals surface area contributed by atoms with Crippen LogP contribution in [0.15, 0.2) is 187 Å². The minimum Gasteiger partial charge on any atom is -0.454 e. The van der Waals surface area contributed by atoms with E-state index in [1.54, 1.807) is 6.20 Å². The van der Waals surface area contributed by atoms with E-state index in [2.05, 4.69) is 174 Å². The highest BCUT2D eigenvalue weighted by Crippen LogP contribution is 2.44. The molecule has 0 bridgehead atoms. The van der Waals surface area contributed by atoms with Crippen molar-refractivity contribution < 1.29 is 4.42 Å². The molecule has 0 fully saturated rings. The topological polar surface area (TPSA) is 29.3 Å². The number of pyridine rings is 1. The second-order valence-corrected chi connectivity index (χ2v) is 12.8. The molecule has 0 spiro atoms. The lowest BCUT2D eigenvalue weighted by Gasteiger charge is -2.27. The first-order valence-corrected chi connectivity index (χ1v) is 16.9. The molecule has 10 aromatic rings. The fourth-order valence-electron chi connectivity index (χ4n) is 7.49. The monoisotopic (exact) mass is 638 g/mol. The van der Waals surface area contributed by atoms with Crippen molar-refractivity contribution in [2.45, 2.75) is 0 Å². The Balaban J connectivity index is 1.15. The van der Waals surface area contributed by atoms with Crippen molar-refractivity contribution in [3.8, 4) is 22.3 Å². The van der Waals surface area contributed by atoms with Gasteiger partial charge >= 0.3 is 0 Å². The number of rotatable bonds is 5. The molecule has 0 saturated heterocycles. The third-order valence-corrected chi connectivity index (χ3v) is 9.94. The van der Waals surface area contributed by atoms with Gasteiger partial charge in [-0.25, -0.2) is 0 Å². The lowest BCUT2D eigenvalue weighted by Crippen LogP contribution is -2.10. The Morgan fingerprint density at radius 3 is 1.94 bits per heavy atom. The highest BCUT2D eigenvalue weighted by Gasteiger charge is 2.20. The number of hydrogen-bond donors (Lipinski definition) is 0. The zero-order valence-corrected chi connectivity index (χ0v) is 27.1. The molecule has 8 aromatic carbocycles. The molecule has 0 radical (unpaired) electrons. The highest BCUT2D eigenvalue weighted by molar-refractivity contribution is 6.19. The minimum atomic E-state index is 0.788. The first-order valence-electron chi connectivity index (χ1n) is 16.9. The third kappa shape index (κ3) is 4.63. The fourth-order valence-corrected chi connectivity index (χ4v) is 7.49. The Morgan fingerprint density at radius 1 is 0.440 bits per heavy atom. The van der Waals surface area contributed by atoms with E-state index in [0.717, 1.165) is 49.8 Å². The predicted molar refractivity (Wildman–Crippen MR) is 210 cm³/mol. The van der Waals surface area contributed by atoms with Crippen LogP contribution in [-0.4, -0.2) is 4.98 Å². The Morgan fingerprint density at radius 2 is 1.10 bits per heavy atom. The van der Waals surface area contributed by atoms with E-state index in [9.17, 15) is 0 Å². The van der Waals surface area contributed by atoms with Crippen LogP contribution in [0.5, 0.6) is 0 Å². The summed E-state index contributed by atoms with van der Waals surface area (Å²) in [5.74, 6) is 0. The quantitative estimate of drug-likeness (QED) is 0.188. The summed E-state index contributed by atoms with van der Waals surface area (Å²) >= 11 is 0. The van der Waals surface area contributed by atoms with Crippen LogP contribution in [-0.2, 0) is 0 Å². The number of fused-ring (bicyclic) bond motifs is 7. The molecule has 2 aromatic heterocycles. The van der Waals surface area contributed by atoms with Crippen molar-refractivity contribution in [1.29, 1.82) is 0 Å². The van der Waals surface area contributed by atoms with Gasteiger partial charge in [-0.05, 0) is 97.7 Å². The maximum Gasteiger partial charge on any atom is 0.153 e. The number of anilines is 3. The van der Waals surface area contributed by atoms with Gasteiger partial charge in [-0.1, -0.05) is 121 Å². The molecule has 0 saturated carbocycles. The van der Waals surface area contributed by atoms with Crippen LogP contribution in [0, 0.1) is 0 Å². The zero-order chi connectivity index (χ0) is 33.0. The Hall–Kier alpha value is -6.71. The van der Waals surface area contributed by atoms with Crippen molar-refractivity contribution >= 4 is 71.3 Å². The van der Waals surface area contributed by atoms with Gasteiger partial charge < -0.3 is 9.32 Å². The molecule has 0 N–H and O–H groups in total. The van der Waals surface area contributed by atoms with E-state index in [0.29, 0.717) is 0 Å². The second-order valence-electron chi connectivity index (χ2n) is 12.8. The average molecular weight is 639 g/mol. The molecule has 2 heterocycles. The second kappa shape index (κ2) is 11.5. The van der Waals surface area contributed by atoms with Crippen molar-refractivity contribution in [2.75, 3.05) is 4.90 Å². The SMILES string of the molecule is c1ccc2cc(-c3ccc(N(c4ccc(-c5cccc6ccccc56)cc4)c4cccc5ccc6c7ccncc7oc6c45)cc3)ccc2c1. The summed E-state index contributed by atoms with van der Waals surface area (Å²) in [6.07, 6.45) is 3.63. The van der Waals surface area contributed by atoms with E-state index >= 15 is 0 Å². The average Bonchev–Trinajstić information content (AvgIpc) is 3.57. The number of aromatic nitrogens is 1. The van der Waals surface area contributed by atoms with Crippen LogP contribution in [0.4, 0.5) is 17.1 Å². The number of benzene rings is 8. The summed E-state index contributed by atoms with van der Waals surface area (Å²) in [4.78, 5) is 6.69. The lowest BCUT2D eigenvalue weighted by atomic mass is 9.97. The summed E-state index contributed by atoms with van der Waals surface area (Å²) in [5, 5.41) is 9.31. The maximum absolute atomic E-state index is 6.57. The molecule has 0 unspecified atom stereocenters. The highest BCUT2D eigenvalue weighted by atomic mass is 16.3. The molecule has 50 heavy (non-hydrogen) atoms. The van der Waals surface area contributed by atoms with Crippen LogP contribution in [0.25, 0.3) is 76.5 Å². The number of hydrogen-bond acceptors (Lipinski definition) is 3. The van der Waals surface area contributed by atoms with E-state index in [4.69, 9.17) is 4.42 Å². The number of nitrogens with zero attached hydrogens (tertiary/aromatic N) is 2. The van der Waals surface area contributed by atoms with Gasteiger partial charge in [0.15, 0.2) is 5.58 Å². The molecule has 10 rings (SSSR count). The van der Waals surface area contributed by atoms with E-state index in [-0.39, 0.29) is 0 Å². The first-order chi connectivity index (χ1) is 24.8. The molecule has 234 valence electrons. The molecule has 3 nitrogen and oxygen atoms in total. The molecule has 0 atom stereocenters. The van der Waals surface area contributed by atoms with Gasteiger partial charge in [-0.3, -0.25) is 4.98 Å². The van der Waals surface area contributed by atoms with Crippen molar-refractivity contribution in [1.82, 2.24) is 4.98 Å². The van der Waals surface area contributed by atoms with Crippen LogP contribution in [0.3, 0.4) is 0 Å². The lowest BCUT2D eigenvalue weighted by molar-refractivity contribution is 0.670. The third-order valence-electron chi connectivity index (χ3n) is 9.94. The van der Waals surface area contributed by atoms with Gasteiger partial charge in [-0.2, -0.15) is 0 Å². The summed E-state index contributed by atoms with van der Waals surface area (Å²) in [5.41, 5.74) is 9.62. The molecule has 3 heteroatoms. The van der Waals surface area contributed by atoms with Crippen molar-refractivity contribution in [3.63, 3.8) is 0 Å². The van der Waals surface area contributed by atoms with Gasteiger partial charge in [0.2, 0.25) is 0 Å². The molecular formula is C47H30N2O. The molecular weight excluding hydrogens is 609 g/mol. The summed E-state index contributed by atoms with van der Waals surface area (Å²) in [6, 6.07) is 61.0. The Bertz CT molecular complexity index is 2860. The predicted octanol–water partition coefficient (Wildman–Crippen LogP) is 13.2. The molecule has 0 aliphatic rings.